The fraction of sp³-hybridized carbons (Fsp3) is 0.696. The summed E-state index contributed by atoms with van der Waals surface area (Å²) in [5, 5.41) is 0. The zero-order chi connectivity index (χ0) is 21.7. The molecule has 0 unspecified atom stereocenters. The Balaban J connectivity index is 1.54. The van der Waals surface area contributed by atoms with E-state index in [-0.39, 0.29) is 34.4 Å². The maximum Gasteiger partial charge on any atom is 0.255 e. The van der Waals surface area contributed by atoms with E-state index >= 15 is 0 Å². The van der Waals surface area contributed by atoms with Crippen molar-refractivity contribution in [1.29, 1.82) is 0 Å². The number of carbonyl (C=O) groups is 1. The van der Waals surface area contributed by atoms with Crippen molar-refractivity contribution < 1.29 is 18.0 Å². The highest BCUT2D eigenvalue weighted by molar-refractivity contribution is 7.90. The molecule has 30 heavy (non-hydrogen) atoms. The van der Waals surface area contributed by atoms with Crippen molar-refractivity contribution in [1.82, 2.24) is 9.79 Å². The average molecular weight is 435 g/mol. The Morgan fingerprint density at radius 1 is 1.27 bits per heavy atom. The Kier molecular flexibility index (Phi) is 5.52. The second-order valence-corrected chi connectivity index (χ2v) is 12.2. The smallest absolute Gasteiger partial charge is 0.255 e. The molecule has 1 N–H and O–H groups in total. The van der Waals surface area contributed by atoms with Crippen LogP contribution in [-0.4, -0.2) is 36.5 Å². The average Bonchev–Trinajstić information content (AvgIpc) is 3.15. The summed E-state index contributed by atoms with van der Waals surface area (Å²) in [6.07, 6.45) is 3.27. The Bertz CT molecular complexity index is 899. The Morgan fingerprint density at radius 2 is 1.97 bits per heavy atom. The molecule has 7 heteroatoms. The van der Waals surface area contributed by atoms with Gasteiger partial charge < -0.3 is 0 Å². The zero-order valence-electron chi connectivity index (χ0n) is 18.4. The van der Waals surface area contributed by atoms with E-state index in [1.165, 1.54) is 4.31 Å². The van der Waals surface area contributed by atoms with Crippen molar-refractivity contribution in [3.05, 3.63) is 35.9 Å². The summed E-state index contributed by atoms with van der Waals surface area (Å²) < 4.78 is 27.7. The minimum atomic E-state index is -3.63. The fourth-order valence-corrected chi connectivity index (χ4v) is 8.78. The number of fused-ring (bicyclic) bond motifs is 1. The molecule has 4 atom stereocenters. The molecule has 166 valence electrons. The lowest BCUT2D eigenvalue weighted by molar-refractivity contribution is -0.136. The van der Waals surface area contributed by atoms with Crippen molar-refractivity contribution in [3.8, 4) is 0 Å². The summed E-state index contributed by atoms with van der Waals surface area (Å²) in [6.45, 7) is 8.76. The van der Waals surface area contributed by atoms with Gasteiger partial charge in [0.15, 0.2) is 0 Å². The van der Waals surface area contributed by atoms with Gasteiger partial charge in [0.25, 0.3) is 5.91 Å². The molecule has 1 aromatic carbocycles. The number of nitrogens with one attached hydrogen (secondary N) is 1. The molecule has 2 saturated carbocycles. The van der Waals surface area contributed by atoms with E-state index in [1.807, 2.05) is 44.2 Å². The van der Waals surface area contributed by atoms with E-state index in [2.05, 4.69) is 19.3 Å². The molecule has 6 nitrogen and oxygen atoms in total. The molecular formula is C23H34N2O4S. The van der Waals surface area contributed by atoms with Gasteiger partial charge in [0, 0.05) is 5.41 Å². The van der Waals surface area contributed by atoms with Crippen LogP contribution in [0.4, 0.5) is 0 Å². The molecule has 4 rings (SSSR count). The predicted molar refractivity (Wildman–Crippen MR) is 116 cm³/mol. The van der Waals surface area contributed by atoms with Crippen LogP contribution in [0, 0.1) is 22.7 Å². The van der Waals surface area contributed by atoms with Crippen LogP contribution in [0.1, 0.15) is 58.9 Å². The molecule has 1 aliphatic heterocycles. The van der Waals surface area contributed by atoms with Gasteiger partial charge in [-0.3, -0.25) is 9.63 Å². The third-order valence-corrected chi connectivity index (χ3v) is 9.85. The molecule has 3 fully saturated rings. The van der Waals surface area contributed by atoms with E-state index in [9.17, 15) is 13.2 Å². The normalized spacial score (nSPS) is 31.8. The molecule has 1 heterocycles. The van der Waals surface area contributed by atoms with Gasteiger partial charge in [-0.1, -0.05) is 58.0 Å². The third-order valence-electron chi connectivity index (χ3n) is 7.94. The summed E-state index contributed by atoms with van der Waals surface area (Å²) in [5.74, 6) is 0.447. The Labute approximate surface area is 180 Å². The number of sulfonamides is 1. The number of hydrogen-bond donors (Lipinski definition) is 1. The molecule has 2 aliphatic carbocycles. The molecule has 1 saturated heterocycles. The molecule has 1 spiro atoms. The van der Waals surface area contributed by atoms with Crippen molar-refractivity contribution in [2.75, 3.05) is 5.75 Å². The number of hydroxylamine groups is 1. The minimum absolute atomic E-state index is 0.0510. The summed E-state index contributed by atoms with van der Waals surface area (Å²) in [4.78, 5) is 19.2. The topological polar surface area (TPSA) is 75.7 Å². The van der Waals surface area contributed by atoms with Gasteiger partial charge in [0.05, 0.1) is 18.4 Å². The first-order valence-electron chi connectivity index (χ1n) is 11.1. The summed E-state index contributed by atoms with van der Waals surface area (Å²) in [7, 11) is -3.63. The van der Waals surface area contributed by atoms with Gasteiger partial charge in [-0.05, 0) is 48.5 Å². The maximum absolute atomic E-state index is 13.6. The molecular weight excluding hydrogens is 400 g/mol. The van der Waals surface area contributed by atoms with E-state index in [0.29, 0.717) is 18.9 Å². The quantitative estimate of drug-likeness (QED) is 0.665. The maximum atomic E-state index is 13.6. The summed E-state index contributed by atoms with van der Waals surface area (Å²) in [5.41, 5.74) is 3.53. The second kappa shape index (κ2) is 7.61. The molecule has 0 aromatic heterocycles. The minimum Gasteiger partial charge on any atom is -0.296 e. The molecule has 1 amide bonds. The standard InChI is InChI=1S/C23H34N2O4S/c1-16(2)12-19(24-29-14-17-8-6-5-7-9-17)21(26)25-20-13-18-10-11-23(20,22(18,3)4)15-30(25,27)28/h5-9,16,18-20,24H,10-15H2,1-4H3/t18-,19+,20-,23-/m0/s1. The fourth-order valence-electron chi connectivity index (χ4n) is 6.20. The highest BCUT2D eigenvalue weighted by Crippen LogP contribution is 2.70. The van der Waals surface area contributed by atoms with Crippen LogP contribution in [0.15, 0.2) is 30.3 Å². The van der Waals surface area contributed by atoms with Crippen molar-refractivity contribution in [2.45, 2.75) is 72.1 Å². The van der Waals surface area contributed by atoms with Crippen LogP contribution < -0.4 is 5.48 Å². The van der Waals surface area contributed by atoms with Gasteiger partial charge in [-0.2, -0.15) is 5.48 Å². The Hall–Kier alpha value is -1.44. The van der Waals surface area contributed by atoms with Crippen LogP contribution in [-0.2, 0) is 26.3 Å². The first-order chi connectivity index (χ1) is 14.1. The Morgan fingerprint density at radius 3 is 2.60 bits per heavy atom. The first kappa shape index (κ1) is 21.8. The second-order valence-electron chi connectivity index (χ2n) is 10.3. The number of hydrogen-bond acceptors (Lipinski definition) is 5. The van der Waals surface area contributed by atoms with Gasteiger partial charge in [-0.15, -0.1) is 0 Å². The van der Waals surface area contributed by atoms with E-state index < -0.39 is 16.1 Å². The predicted octanol–water partition coefficient (Wildman–Crippen LogP) is 3.49. The SMILES string of the molecule is CC(C)C[C@@H](NOCc1ccccc1)C(=O)N1[C@H]2C[C@@H]3CC[C@@]2(CS1(=O)=O)C3(C)C. The number of amides is 1. The van der Waals surface area contributed by atoms with E-state index in [0.717, 1.165) is 24.8 Å². The van der Waals surface area contributed by atoms with E-state index in [1.54, 1.807) is 0 Å². The van der Waals surface area contributed by atoms with Crippen molar-refractivity contribution in [2.24, 2.45) is 22.7 Å². The van der Waals surface area contributed by atoms with Gasteiger partial charge in [0.2, 0.25) is 10.0 Å². The zero-order valence-corrected chi connectivity index (χ0v) is 19.2. The van der Waals surface area contributed by atoms with Crippen LogP contribution in [0.25, 0.3) is 0 Å². The van der Waals surface area contributed by atoms with Gasteiger partial charge >= 0.3 is 0 Å². The lowest BCUT2D eigenvalue weighted by Crippen LogP contribution is -2.52. The summed E-state index contributed by atoms with van der Waals surface area (Å²) >= 11 is 0. The van der Waals surface area contributed by atoms with E-state index in [4.69, 9.17) is 4.84 Å². The van der Waals surface area contributed by atoms with Gasteiger partial charge in [0.1, 0.15) is 6.04 Å². The first-order valence-corrected chi connectivity index (χ1v) is 12.7. The highest BCUT2D eigenvalue weighted by Gasteiger charge is 2.72. The summed E-state index contributed by atoms with van der Waals surface area (Å²) in [6, 6.07) is 8.81. The molecule has 1 aromatic rings. The van der Waals surface area contributed by atoms with Crippen LogP contribution in [0.5, 0.6) is 0 Å². The number of benzene rings is 1. The molecule has 2 bridgehead atoms. The largest absolute Gasteiger partial charge is 0.296 e. The third kappa shape index (κ3) is 3.39. The highest BCUT2D eigenvalue weighted by atomic mass is 32.2. The van der Waals surface area contributed by atoms with Gasteiger partial charge in [-0.25, -0.2) is 12.7 Å². The number of nitrogens with zero attached hydrogens (tertiary/aromatic N) is 1. The van der Waals surface area contributed by atoms with Crippen LogP contribution in [0.2, 0.25) is 0 Å². The van der Waals surface area contributed by atoms with Crippen molar-refractivity contribution in [3.63, 3.8) is 0 Å². The lowest BCUT2D eigenvalue weighted by Gasteiger charge is -2.37. The van der Waals surface area contributed by atoms with Crippen LogP contribution in [0.3, 0.4) is 0 Å². The van der Waals surface area contributed by atoms with Crippen molar-refractivity contribution >= 4 is 15.9 Å². The molecule has 3 aliphatic rings. The number of carbonyl (C=O) groups excluding carboxylic acids is 1. The van der Waals surface area contributed by atoms with Crippen LogP contribution >= 0.6 is 0 Å². The number of rotatable bonds is 7. The lowest BCUT2D eigenvalue weighted by atomic mass is 9.69. The molecule has 0 radical (unpaired) electrons. The monoisotopic (exact) mass is 434 g/mol.